The third-order valence-electron chi connectivity index (χ3n) is 5.77. The molecule has 0 atom stereocenters. The van der Waals surface area contributed by atoms with E-state index < -0.39 is 0 Å². The van der Waals surface area contributed by atoms with Gasteiger partial charge in [-0.15, -0.1) is 0 Å². The first kappa shape index (κ1) is 17.9. The highest BCUT2D eigenvalue weighted by atomic mass is 15.1. The van der Waals surface area contributed by atoms with E-state index in [1.54, 1.807) is 0 Å². The van der Waals surface area contributed by atoms with Crippen molar-refractivity contribution in [2.45, 2.75) is 26.4 Å². The van der Waals surface area contributed by atoms with Crippen LogP contribution in [0.2, 0.25) is 0 Å². The smallest absolute Gasteiger partial charge is 0.0528 e. The van der Waals surface area contributed by atoms with Crippen LogP contribution in [0.4, 0.5) is 0 Å². The first-order chi connectivity index (χ1) is 14.3. The molecule has 0 bridgehead atoms. The highest BCUT2D eigenvalue weighted by molar-refractivity contribution is 5.89. The van der Waals surface area contributed by atoms with E-state index in [1.807, 2.05) is 18.5 Å². The molecule has 0 spiro atoms. The lowest BCUT2D eigenvalue weighted by Crippen LogP contribution is -2.30. The van der Waals surface area contributed by atoms with E-state index in [2.05, 4.69) is 88.2 Å². The molecule has 29 heavy (non-hydrogen) atoms. The Morgan fingerprint density at radius 2 is 1.93 bits per heavy atom. The second kappa shape index (κ2) is 7.69. The molecular formula is C26H25N3. The summed E-state index contributed by atoms with van der Waals surface area (Å²) < 4.78 is 2.40. The topological polar surface area (TPSA) is 21.1 Å². The largest absolute Gasteiger partial charge is 0.320 e. The monoisotopic (exact) mass is 379 g/mol. The van der Waals surface area contributed by atoms with Crippen LogP contribution in [0.15, 0.2) is 73.1 Å². The average molecular weight is 380 g/mol. The van der Waals surface area contributed by atoms with Crippen molar-refractivity contribution in [2.24, 2.45) is 0 Å². The average Bonchev–Trinajstić information content (AvgIpc) is 3.06. The standard InChI is InChI=1S/C26H25N3/c1-20-9-10-25-23(16-20)24-19-28(18-22-8-5-13-27-17-22)14-12-26(24)29(25)15-11-21-6-3-2-4-7-21/h2-11,13,15-17H,12,14,18-19H2,1H3. The van der Waals surface area contributed by atoms with Crippen LogP contribution >= 0.6 is 0 Å². The van der Waals surface area contributed by atoms with Gasteiger partial charge in [-0.25, -0.2) is 0 Å². The van der Waals surface area contributed by atoms with Crippen LogP contribution in [-0.4, -0.2) is 21.0 Å². The van der Waals surface area contributed by atoms with Crippen LogP contribution in [0.3, 0.4) is 0 Å². The number of hydrogen-bond acceptors (Lipinski definition) is 2. The van der Waals surface area contributed by atoms with Crippen LogP contribution in [0, 0.1) is 6.92 Å². The maximum absolute atomic E-state index is 4.27. The molecule has 3 heterocycles. The van der Waals surface area contributed by atoms with Crippen LogP contribution in [-0.2, 0) is 19.5 Å². The van der Waals surface area contributed by atoms with Crippen molar-refractivity contribution < 1.29 is 0 Å². The molecule has 0 N–H and O–H groups in total. The van der Waals surface area contributed by atoms with Crippen molar-refractivity contribution in [3.05, 3.63) is 101 Å². The minimum absolute atomic E-state index is 0.950. The molecule has 2 aromatic carbocycles. The zero-order chi connectivity index (χ0) is 19.6. The Hall–Kier alpha value is -3.17. The second-order valence-corrected chi connectivity index (χ2v) is 7.86. The lowest BCUT2D eigenvalue weighted by atomic mass is 10.0. The highest BCUT2D eigenvalue weighted by Gasteiger charge is 2.23. The van der Waals surface area contributed by atoms with E-state index in [9.17, 15) is 0 Å². The fourth-order valence-corrected chi connectivity index (χ4v) is 4.34. The van der Waals surface area contributed by atoms with Gasteiger partial charge < -0.3 is 4.57 Å². The maximum Gasteiger partial charge on any atom is 0.0528 e. The van der Waals surface area contributed by atoms with Gasteiger partial charge in [0.2, 0.25) is 0 Å². The molecule has 0 saturated carbocycles. The summed E-state index contributed by atoms with van der Waals surface area (Å²) in [6.07, 6.45) is 9.32. The molecule has 5 rings (SSSR count). The number of fused-ring (bicyclic) bond motifs is 3. The van der Waals surface area contributed by atoms with Gasteiger partial charge >= 0.3 is 0 Å². The first-order valence-electron chi connectivity index (χ1n) is 10.2. The van der Waals surface area contributed by atoms with Crippen molar-refractivity contribution in [1.29, 1.82) is 0 Å². The van der Waals surface area contributed by atoms with Crippen molar-refractivity contribution in [3.63, 3.8) is 0 Å². The van der Waals surface area contributed by atoms with Crippen LogP contribution < -0.4 is 0 Å². The van der Waals surface area contributed by atoms with Crippen molar-refractivity contribution in [2.75, 3.05) is 6.54 Å². The molecule has 0 radical (unpaired) electrons. The van der Waals surface area contributed by atoms with E-state index in [0.29, 0.717) is 0 Å². The Morgan fingerprint density at radius 1 is 1.03 bits per heavy atom. The lowest BCUT2D eigenvalue weighted by molar-refractivity contribution is 0.244. The lowest BCUT2D eigenvalue weighted by Gasteiger charge is -2.27. The van der Waals surface area contributed by atoms with Gasteiger partial charge in [0.05, 0.1) is 5.52 Å². The van der Waals surface area contributed by atoms with E-state index in [0.717, 1.165) is 26.1 Å². The van der Waals surface area contributed by atoms with E-state index >= 15 is 0 Å². The molecule has 0 unspecified atom stereocenters. The molecule has 3 nitrogen and oxygen atoms in total. The molecule has 4 aromatic rings. The molecule has 0 amide bonds. The van der Waals surface area contributed by atoms with Gasteiger partial charge in [-0.3, -0.25) is 9.88 Å². The first-order valence-corrected chi connectivity index (χ1v) is 10.2. The van der Waals surface area contributed by atoms with Crippen LogP contribution in [0.5, 0.6) is 0 Å². The minimum Gasteiger partial charge on any atom is -0.320 e. The van der Waals surface area contributed by atoms with Gasteiger partial charge in [0.15, 0.2) is 0 Å². The van der Waals surface area contributed by atoms with E-state index in [1.165, 1.54) is 38.9 Å². The van der Waals surface area contributed by atoms with Crippen molar-refractivity contribution in [1.82, 2.24) is 14.5 Å². The van der Waals surface area contributed by atoms with Gasteiger partial charge in [-0.05, 0) is 47.9 Å². The summed E-state index contributed by atoms with van der Waals surface area (Å²) in [5.74, 6) is 0. The molecule has 1 aliphatic rings. The fraction of sp³-hybridized carbons (Fsp3) is 0.192. The number of rotatable bonds is 4. The number of pyridine rings is 1. The van der Waals surface area contributed by atoms with Crippen molar-refractivity contribution in [3.8, 4) is 0 Å². The van der Waals surface area contributed by atoms with Gasteiger partial charge in [0, 0.05) is 55.7 Å². The second-order valence-electron chi connectivity index (χ2n) is 7.86. The summed E-state index contributed by atoms with van der Waals surface area (Å²) in [5.41, 5.74) is 8.03. The van der Waals surface area contributed by atoms with Gasteiger partial charge in [0.25, 0.3) is 0 Å². The Bertz CT molecular complexity index is 1160. The number of aryl methyl sites for hydroxylation is 1. The molecule has 1 aliphatic heterocycles. The normalized spacial score (nSPS) is 14.5. The number of hydrogen-bond donors (Lipinski definition) is 0. The van der Waals surface area contributed by atoms with Gasteiger partial charge in [-0.1, -0.05) is 48.0 Å². The number of nitrogens with zero attached hydrogens (tertiary/aromatic N) is 3. The minimum atomic E-state index is 0.950. The molecule has 0 saturated heterocycles. The molecular weight excluding hydrogens is 354 g/mol. The Balaban J connectivity index is 1.52. The number of benzene rings is 2. The third kappa shape index (κ3) is 3.62. The Morgan fingerprint density at radius 3 is 2.76 bits per heavy atom. The zero-order valence-electron chi connectivity index (χ0n) is 16.8. The molecule has 3 heteroatoms. The molecule has 0 fully saturated rings. The third-order valence-corrected chi connectivity index (χ3v) is 5.77. The highest BCUT2D eigenvalue weighted by Crippen LogP contribution is 2.32. The summed E-state index contributed by atoms with van der Waals surface area (Å²) in [5, 5.41) is 1.38. The molecule has 2 aromatic heterocycles. The fourth-order valence-electron chi connectivity index (χ4n) is 4.34. The summed E-state index contributed by atoms with van der Waals surface area (Å²) in [6, 6.07) is 21.5. The van der Waals surface area contributed by atoms with Crippen LogP contribution in [0.1, 0.15) is 27.9 Å². The summed E-state index contributed by atoms with van der Waals surface area (Å²) in [6.45, 7) is 5.18. The Kier molecular flexibility index (Phi) is 4.74. The van der Waals surface area contributed by atoms with E-state index in [4.69, 9.17) is 0 Å². The predicted octanol–water partition coefficient (Wildman–Crippen LogP) is 5.53. The molecule has 0 aliphatic carbocycles. The Labute approximate surface area is 171 Å². The van der Waals surface area contributed by atoms with Gasteiger partial charge in [0.1, 0.15) is 0 Å². The zero-order valence-corrected chi connectivity index (χ0v) is 16.8. The predicted molar refractivity (Wildman–Crippen MR) is 120 cm³/mol. The summed E-state index contributed by atoms with van der Waals surface area (Å²) >= 11 is 0. The van der Waals surface area contributed by atoms with Crippen molar-refractivity contribution >= 4 is 23.2 Å². The van der Waals surface area contributed by atoms with Gasteiger partial charge in [-0.2, -0.15) is 0 Å². The summed E-state index contributed by atoms with van der Waals surface area (Å²) in [7, 11) is 0. The number of aromatic nitrogens is 2. The van der Waals surface area contributed by atoms with Crippen LogP contribution in [0.25, 0.3) is 23.2 Å². The van der Waals surface area contributed by atoms with E-state index in [-0.39, 0.29) is 0 Å². The quantitative estimate of drug-likeness (QED) is 0.465. The maximum atomic E-state index is 4.27. The summed E-state index contributed by atoms with van der Waals surface area (Å²) in [4.78, 5) is 6.81. The molecule has 144 valence electrons. The SMILES string of the molecule is Cc1ccc2c(c1)c1c(n2C=Cc2ccccc2)CCN(Cc2cccnc2)C1.